The molecule has 1 saturated heterocycles. The monoisotopic (exact) mass is 803 g/mol. The van der Waals surface area contributed by atoms with Gasteiger partial charge in [-0.25, -0.2) is 14.5 Å². The summed E-state index contributed by atoms with van der Waals surface area (Å²) in [4.78, 5) is 26.3. The summed E-state index contributed by atoms with van der Waals surface area (Å²) in [6, 6.07) is 20.6. The van der Waals surface area contributed by atoms with Crippen LogP contribution in [0.4, 0.5) is 0 Å². The van der Waals surface area contributed by atoms with Crippen LogP contribution in [0.5, 0.6) is 11.6 Å². The van der Waals surface area contributed by atoms with Crippen molar-refractivity contribution in [2.45, 2.75) is 57.5 Å². The number of nitrogens with zero attached hydrogens (tertiary/aromatic N) is 4. The van der Waals surface area contributed by atoms with E-state index in [-0.39, 0.29) is 18.2 Å². The molecule has 258 valence electrons. The van der Waals surface area contributed by atoms with Crippen molar-refractivity contribution in [2.24, 2.45) is 0 Å². The smallest absolute Gasteiger partial charge is 0.459 e. The average molecular weight is 804 g/mol. The Hall–Kier alpha value is -3.70. The highest BCUT2D eigenvalue weighted by atomic mass is 127. The molecule has 16 heteroatoms. The number of aliphatic hydroxyl groups excluding tert-OH is 1. The fourth-order valence-corrected chi connectivity index (χ4v) is 7.78. The van der Waals surface area contributed by atoms with Crippen LogP contribution < -0.4 is 14.3 Å². The molecule has 0 bridgehead atoms. The zero-order valence-electron chi connectivity index (χ0n) is 27.0. The third-order valence-electron chi connectivity index (χ3n) is 8.07. The van der Waals surface area contributed by atoms with Gasteiger partial charge in [0.2, 0.25) is 5.88 Å². The molecule has 2 aromatic heterocycles. The lowest BCUT2D eigenvalue weighted by atomic mass is 9.96. The van der Waals surface area contributed by atoms with Crippen molar-refractivity contribution in [1.29, 1.82) is 0 Å². The van der Waals surface area contributed by atoms with Crippen LogP contribution in [0.25, 0.3) is 21.9 Å². The van der Waals surface area contributed by atoms with E-state index in [1.807, 2.05) is 77.2 Å². The first-order valence-corrected chi connectivity index (χ1v) is 17.9. The minimum atomic E-state index is -4.40. The van der Waals surface area contributed by atoms with Crippen LogP contribution in [0, 0.1) is 10.8 Å². The summed E-state index contributed by atoms with van der Waals surface area (Å²) in [6.45, 7) is 4.07. The van der Waals surface area contributed by atoms with E-state index in [1.165, 1.54) is 25.5 Å². The number of imidazole rings is 1. The lowest BCUT2D eigenvalue weighted by Gasteiger charge is -2.28. The number of benzene rings is 3. The molecule has 14 nitrogen and oxygen atoms in total. The van der Waals surface area contributed by atoms with Gasteiger partial charge in [-0.05, 0) is 37.8 Å². The maximum absolute atomic E-state index is 14.5. The third-order valence-corrected chi connectivity index (χ3v) is 10.5. The summed E-state index contributed by atoms with van der Waals surface area (Å²) in [6.07, 6.45) is -3.91. The molecule has 0 aliphatic carbocycles. The van der Waals surface area contributed by atoms with Crippen LogP contribution >= 0.6 is 30.3 Å². The average Bonchev–Trinajstić information content (AvgIpc) is 3.52. The van der Waals surface area contributed by atoms with Crippen molar-refractivity contribution in [3.05, 3.63) is 88.0 Å². The van der Waals surface area contributed by atoms with E-state index in [4.69, 9.17) is 23.3 Å². The molecule has 0 radical (unpaired) electrons. The van der Waals surface area contributed by atoms with E-state index >= 15 is 0 Å². The van der Waals surface area contributed by atoms with Gasteiger partial charge in [0.15, 0.2) is 21.2 Å². The Morgan fingerprint density at radius 1 is 1.10 bits per heavy atom. The molecule has 1 fully saturated rings. The summed E-state index contributed by atoms with van der Waals surface area (Å²) in [5.74, 6) is 0.184. The first kappa shape index (κ1) is 35.1. The van der Waals surface area contributed by atoms with Crippen molar-refractivity contribution in [2.75, 3.05) is 13.7 Å². The van der Waals surface area contributed by atoms with Crippen molar-refractivity contribution in [3.63, 3.8) is 0 Å². The standard InChI is InChI=1S/C33H35IN5O9P/c1-19(30(41)45-17-21-11-6-5-7-12-21)38-49(43,48-24-16-10-14-22-13-8-9-15-23(22)24)46-18-25-27(40)33(3,42)31(47-25)39-28-26(37-32(39)34)29(44-4)36-20(2)35-28/h5-16,19,25,27,31,40,42H,17-18H2,1-4H3,(H,38,43)/t19-,25+,27+,31?,33+,49?/m0/s1. The van der Waals surface area contributed by atoms with Gasteiger partial charge in [0.25, 0.3) is 0 Å². The number of ether oxygens (including phenoxy) is 3. The van der Waals surface area contributed by atoms with Crippen molar-refractivity contribution < 1.29 is 42.8 Å². The van der Waals surface area contributed by atoms with Crippen LogP contribution in [-0.4, -0.2) is 73.3 Å². The number of hydrogen-bond acceptors (Lipinski definition) is 12. The number of methoxy groups -OCH3 is 1. The van der Waals surface area contributed by atoms with Gasteiger partial charge in [0.05, 0.1) is 13.7 Å². The summed E-state index contributed by atoms with van der Waals surface area (Å²) in [5.41, 5.74) is -0.432. The molecule has 3 heterocycles. The third kappa shape index (κ3) is 7.29. The topological polar surface area (TPSA) is 176 Å². The normalized spacial score (nSPS) is 22.6. The van der Waals surface area contributed by atoms with Gasteiger partial charge in [-0.2, -0.15) is 10.1 Å². The van der Waals surface area contributed by atoms with Crippen LogP contribution in [0.15, 0.2) is 72.8 Å². The second-order valence-electron chi connectivity index (χ2n) is 11.7. The van der Waals surface area contributed by atoms with Crippen molar-refractivity contribution in [1.82, 2.24) is 24.6 Å². The van der Waals surface area contributed by atoms with Gasteiger partial charge in [-0.1, -0.05) is 66.7 Å². The van der Waals surface area contributed by atoms with Crippen molar-refractivity contribution >= 4 is 58.2 Å². The summed E-state index contributed by atoms with van der Waals surface area (Å²) < 4.78 is 45.3. The predicted molar refractivity (Wildman–Crippen MR) is 187 cm³/mol. The number of carbonyl (C=O) groups excluding carboxylic acids is 1. The number of fused-ring (bicyclic) bond motifs is 2. The van der Waals surface area contributed by atoms with Gasteiger partial charge >= 0.3 is 13.7 Å². The van der Waals surface area contributed by atoms with Crippen LogP contribution in [0.1, 0.15) is 31.5 Å². The van der Waals surface area contributed by atoms with Gasteiger partial charge in [-0.15, -0.1) is 0 Å². The first-order valence-electron chi connectivity index (χ1n) is 15.3. The first-order chi connectivity index (χ1) is 23.4. The molecule has 3 N–H and O–H groups in total. The lowest BCUT2D eigenvalue weighted by molar-refractivity contribution is -0.146. The Morgan fingerprint density at radius 3 is 2.57 bits per heavy atom. The molecule has 49 heavy (non-hydrogen) atoms. The fourth-order valence-electron chi connectivity index (χ4n) is 5.54. The molecule has 3 aromatic carbocycles. The molecule has 0 amide bonds. The Morgan fingerprint density at radius 2 is 1.82 bits per heavy atom. The molecule has 1 aliphatic rings. The second kappa shape index (κ2) is 14.3. The Labute approximate surface area is 295 Å². The van der Waals surface area contributed by atoms with E-state index in [9.17, 15) is 19.6 Å². The SMILES string of the molecule is COc1nc(C)nc2c1nc(I)n2C1O[C@H](COP(=O)(N[C@@H](C)C(=O)OCc2ccccc2)Oc2cccc3ccccc23)[C@@H](O)[C@@]1(C)O. The van der Waals surface area contributed by atoms with E-state index in [0.29, 0.717) is 26.2 Å². The molecular formula is C33H35IN5O9P. The zero-order chi connectivity index (χ0) is 34.9. The summed E-state index contributed by atoms with van der Waals surface area (Å²) in [5, 5.41) is 27.0. The van der Waals surface area contributed by atoms with Crippen LogP contribution in [0.2, 0.25) is 0 Å². The van der Waals surface area contributed by atoms with E-state index in [1.54, 1.807) is 25.1 Å². The number of esters is 1. The molecule has 1 aliphatic heterocycles. The van der Waals surface area contributed by atoms with E-state index in [2.05, 4.69) is 20.0 Å². The van der Waals surface area contributed by atoms with Crippen LogP contribution in [0.3, 0.4) is 0 Å². The van der Waals surface area contributed by atoms with Crippen LogP contribution in [-0.2, 0) is 30.0 Å². The second-order valence-corrected chi connectivity index (χ2v) is 14.4. The van der Waals surface area contributed by atoms with E-state index < -0.39 is 50.4 Å². The number of aryl methyl sites for hydroxylation is 1. The van der Waals surface area contributed by atoms with Gasteiger partial charge in [-0.3, -0.25) is 13.9 Å². The quantitative estimate of drug-likeness (QED) is 0.0677. The highest BCUT2D eigenvalue weighted by Crippen LogP contribution is 2.49. The summed E-state index contributed by atoms with van der Waals surface area (Å²) in [7, 11) is -2.94. The largest absolute Gasteiger partial charge is 0.479 e. The van der Waals surface area contributed by atoms with E-state index in [0.717, 1.165) is 10.9 Å². The number of hydrogen-bond donors (Lipinski definition) is 3. The number of aliphatic hydroxyl groups is 2. The highest BCUT2D eigenvalue weighted by molar-refractivity contribution is 14.1. The number of carbonyl (C=O) groups is 1. The molecule has 6 rings (SSSR count). The fraction of sp³-hybridized carbons (Fsp3) is 0.333. The predicted octanol–water partition coefficient (Wildman–Crippen LogP) is 4.84. The Bertz CT molecular complexity index is 2020. The zero-order valence-corrected chi connectivity index (χ0v) is 30.1. The minimum Gasteiger partial charge on any atom is -0.479 e. The molecule has 5 aromatic rings. The Balaban J connectivity index is 1.25. The number of rotatable bonds is 12. The number of nitrogens with one attached hydrogen (secondary N) is 1. The molecule has 0 spiro atoms. The van der Waals surface area contributed by atoms with Crippen molar-refractivity contribution in [3.8, 4) is 11.6 Å². The molecule has 6 atom stereocenters. The lowest BCUT2D eigenvalue weighted by Crippen LogP contribution is -2.45. The van der Waals surface area contributed by atoms with Gasteiger partial charge in [0.1, 0.15) is 42.0 Å². The summed E-state index contributed by atoms with van der Waals surface area (Å²) >= 11 is 1.97. The van der Waals surface area contributed by atoms with Gasteiger partial charge < -0.3 is 28.9 Å². The Kier molecular flexibility index (Phi) is 10.2. The minimum absolute atomic E-state index is 0.0116. The highest BCUT2D eigenvalue weighted by Gasteiger charge is 2.55. The maximum atomic E-state index is 14.5. The molecule has 2 unspecified atom stereocenters. The van der Waals surface area contributed by atoms with Gasteiger partial charge in [0, 0.05) is 28.0 Å². The maximum Gasteiger partial charge on any atom is 0.459 e. The number of halogens is 1. The number of aromatic nitrogens is 4. The molecular weight excluding hydrogens is 768 g/mol. The molecule has 0 saturated carbocycles.